The van der Waals surface area contributed by atoms with E-state index in [1.165, 1.54) is 20.2 Å². The van der Waals surface area contributed by atoms with Crippen LogP contribution in [0.2, 0.25) is 0 Å². The number of aliphatic imine (C=N–C) groups is 1. The molecule has 0 fully saturated rings. The van der Waals surface area contributed by atoms with Crippen LogP contribution in [0.3, 0.4) is 0 Å². The van der Waals surface area contributed by atoms with Gasteiger partial charge >= 0.3 is 0 Å². The summed E-state index contributed by atoms with van der Waals surface area (Å²) in [7, 11) is 2.74. The molecule has 0 spiro atoms. The van der Waals surface area contributed by atoms with Crippen LogP contribution in [0.5, 0.6) is 5.75 Å². The Bertz CT molecular complexity index is 875. The molecule has 144 valence electrons. The fraction of sp³-hybridized carbons (Fsp3) is 0.235. The van der Waals surface area contributed by atoms with E-state index in [2.05, 4.69) is 15.3 Å². The van der Waals surface area contributed by atoms with E-state index in [9.17, 15) is 18.0 Å². The van der Waals surface area contributed by atoms with Gasteiger partial charge in [-0.3, -0.25) is 4.79 Å². The number of nitrogens with two attached hydrogens (primary N) is 1. The molecule has 1 heterocycles. The summed E-state index contributed by atoms with van der Waals surface area (Å²) in [5.41, 5.74) is 4.71. The number of pyridine rings is 1. The van der Waals surface area contributed by atoms with Crippen molar-refractivity contribution in [3.05, 3.63) is 53.1 Å². The minimum atomic E-state index is -1.18. The second kappa shape index (κ2) is 8.88. The minimum absolute atomic E-state index is 0.0299. The van der Waals surface area contributed by atoms with Crippen LogP contribution >= 0.6 is 0 Å². The summed E-state index contributed by atoms with van der Waals surface area (Å²) in [6.07, 6.45) is 1.13. The highest BCUT2D eigenvalue weighted by atomic mass is 19.2. The number of carbonyl (C=O) groups is 1. The van der Waals surface area contributed by atoms with Crippen molar-refractivity contribution in [2.75, 3.05) is 26.1 Å². The van der Waals surface area contributed by atoms with E-state index >= 15 is 0 Å². The number of methoxy groups -OCH3 is 1. The Balaban J connectivity index is 2.17. The molecule has 0 bridgehead atoms. The van der Waals surface area contributed by atoms with Crippen LogP contribution in [0.1, 0.15) is 16.1 Å². The van der Waals surface area contributed by atoms with Crippen molar-refractivity contribution in [1.29, 1.82) is 0 Å². The second-order valence-corrected chi connectivity index (χ2v) is 5.25. The third-order valence-corrected chi connectivity index (χ3v) is 3.47. The molecular weight excluding hydrogens is 365 g/mol. The Morgan fingerprint density at radius 2 is 2.00 bits per heavy atom. The van der Waals surface area contributed by atoms with Crippen molar-refractivity contribution in [1.82, 2.24) is 4.98 Å². The Morgan fingerprint density at radius 3 is 2.63 bits per heavy atom. The van der Waals surface area contributed by atoms with E-state index < -0.39 is 29.1 Å². The number of aromatic nitrogens is 1. The highest BCUT2D eigenvalue weighted by Crippen LogP contribution is 2.21. The summed E-state index contributed by atoms with van der Waals surface area (Å²) in [4.78, 5) is 19.4. The van der Waals surface area contributed by atoms with Crippen molar-refractivity contribution >= 4 is 17.6 Å². The molecular formula is C17H17F3N4O3. The Kier molecular flexibility index (Phi) is 6.58. The fourth-order valence-corrected chi connectivity index (χ4v) is 2.12. The molecule has 0 unspecified atom stereocenters. The molecule has 1 aromatic carbocycles. The average Bonchev–Trinajstić information content (AvgIpc) is 2.64. The van der Waals surface area contributed by atoms with Gasteiger partial charge in [-0.2, -0.15) is 0 Å². The average molecular weight is 382 g/mol. The van der Waals surface area contributed by atoms with Crippen LogP contribution in [0.15, 0.2) is 29.4 Å². The number of halogens is 3. The van der Waals surface area contributed by atoms with Crippen LogP contribution in [0.25, 0.3) is 0 Å². The molecule has 27 heavy (non-hydrogen) atoms. The van der Waals surface area contributed by atoms with E-state index in [0.717, 1.165) is 18.3 Å². The summed E-state index contributed by atoms with van der Waals surface area (Å²) >= 11 is 0. The maximum absolute atomic E-state index is 13.9. The van der Waals surface area contributed by atoms with Gasteiger partial charge in [-0.05, 0) is 11.6 Å². The summed E-state index contributed by atoms with van der Waals surface area (Å²) in [5.74, 6) is -3.97. The van der Waals surface area contributed by atoms with Crippen LogP contribution in [0, 0.1) is 17.5 Å². The standard InChI is InChI=1S/C17H17F3N4O3/c1-22-17(21)27-4-3-9-5-10(6-12(18)14(9)20)24-16(25)15-13(19)7-11(26-2)8-23-15/h5-8H,3-4H2,1-2H3,(H2,21,22)(H,24,25). The molecule has 2 rings (SSSR count). The zero-order valence-corrected chi connectivity index (χ0v) is 14.6. The van der Waals surface area contributed by atoms with E-state index in [0.29, 0.717) is 0 Å². The zero-order valence-electron chi connectivity index (χ0n) is 14.6. The fourth-order valence-electron chi connectivity index (χ4n) is 2.12. The van der Waals surface area contributed by atoms with Crippen molar-refractivity contribution in [2.24, 2.45) is 10.7 Å². The first kappa shape index (κ1) is 20.0. The normalized spacial score (nSPS) is 11.2. The number of carbonyl (C=O) groups excluding carboxylic acids is 1. The zero-order chi connectivity index (χ0) is 20.0. The Hall–Kier alpha value is -3.30. The molecule has 2 aromatic rings. The number of anilines is 1. The lowest BCUT2D eigenvalue weighted by Crippen LogP contribution is -2.18. The number of amides is 1. The van der Waals surface area contributed by atoms with E-state index in [-0.39, 0.29) is 36.0 Å². The van der Waals surface area contributed by atoms with E-state index in [4.69, 9.17) is 15.2 Å². The second-order valence-electron chi connectivity index (χ2n) is 5.25. The maximum Gasteiger partial charge on any atom is 0.281 e. The van der Waals surface area contributed by atoms with Gasteiger partial charge in [0, 0.05) is 31.3 Å². The molecule has 1 amide bonds. The highest BCUT2D eigenvalue weighted by molar-refractivity contribution is 6.03. The third-order valence-electron chi connectivity index (χ3n) is 3.47. The van der Waals surface area contributed by atoms with E-state index in [1.807, 2.05) is 0 Å². The van der Waals surface area contributed by atoms with Crippen LogP contribution in [-0.4, -0.2) is 37.7 Å². The molecule has 0 saturated heterocycles. The molecule has 0 atom stereocenters. The van der Waals surface area contributed by atoms with Gasteiger partial charge in [0.05, 0.1) is 19.9 Å². The molecule has 0 radical (unpaired) electrons. The predicted octanol–water partition coefficient (Wildman–Crippen LogP) is 2.26. The number of amidine groups is 1. The first-order valence-corrected chi connectivity index (χ1v) is 7.69. The monoisotopic (exact) mass is 382 g/mol. The number of ether oxygens (including phenoxy) is 2. The van der Waals surface area contributed by atoms with Crippen LogP contribution in [0.4, 0.5) is 18.9 Å². The lowest BCUT2D eigenvalue weighted by atomic mass is 10.1. The SMILES string of the molecule is C/N=C(/N)OCCc1cc(NC(=O)c2ncc(OC)cc2F)cc(F)c1F. The summed E-state index contributed by atoms with van der Waals surface area (Å²) in [6.45, 7) is -0.0500. The number of nitrogens with zero attached hydrogens (tertiary/aromatic N) is 2. The quantitative estimate of drug-likeness (QED) is 0.590. The number of hydrogen-bond acceptors (Lipinski definition) is 5. The lowest BCUT2D eigenvalue weighted by molar-refractivity contribution is 0.101. The molecule has 0 aliphatic heterocycles. The van der Waals surface area contributed by atoms with Crippen LogP contribution in [-0.2, 0) is 11.2 Å². The number of hydrogen-bond donors (Lipinski definition) is 2. The molecule has 0 aliphatic rings. The van der Waals surface area contributed by atoms with Gasteiger partial charge in [0.15, 0.2) is 23.1 Å². The smallest absolute Gasteiger partial charge is 0.281 e. The van der Waals surface area contributed by atoms with Gasteiger partial charge in [-0.15, -0.1) is 0 Å². The van der Waals surface area contributed by atoms with Gasteiger partial charge < -0.3 is 20.5 Å². The number of rotatable bonds is 6. The summed E-state index contributed by atoms with van der Waals surface area (Å²) in [6, 6.07) is 2.87. The van der Waals surface area contributed by atoms with Crippen LogP contribution < -0.4 is 15.8 Å². The Labute approximate surface area is 153 Å². The number of nitrogens with one attached hydrogen (secondary N) is 1. The van der Waals surface area contributed by atoms with Crippen molar-refractivity contribution < 1.29 is 27.4 Å². The molecule has 0 saturated carbocycles. The van der Waals surface area contributed by atoms with E-state index in [1.54, 1.807) is 0 Å². The van der Waals surface area contributed by atoms with Crippen molar-refractivity contribution in [3.63, 3.8) is 0 Å². The summed E-state index contributed by atoms with van der Waals surface area (Å²) < 4.78 is 51.4. The van der Waals surface area contributed by atoms with Gasteiger partial charge in [-0.25, -0.2) is 23.1 Å². The maximum atomic E-state index is 13.9. The first-order chi connectivity index (χ1) is 12.8. The van der Waals surface area contributed by atoms with Crippen molar-refractivity contribution in [3.8, 4) is 5.75 Å². The summed E-state index contributed by atoms with van der Waals surface area (Å²) in [5, 5.41) is 2.28. The predicted molar refractivity (Wildman–Crippen MR) is 92.3 cm³/mol. The van der Waals surface area contributed by atoms with Gasteiger partial charge in [0.25, 0.3) is 11.9 Å². The molecule has 0 aliphatic carbocycles. The lowest BCUT2D eigenvalue weighted by Gasteiger charge is -2.11. The molecule has 10 heteroatoms. The highest BCUT2D eigenvalue weighted by Gasteiger charge is 2.17. The van der Waals surface area contributed by atoms with Crippen molar-refractivity contribution in [2.45, 2.75) is 6.42 Å². The third kappa shape index (κ3) is 5.09. The largest absolute Gasteiger partial charge is 0.495 e. The first-order valence-electron chi connectivity index (χ1n) is 7.69. The molecule has 3 N–H and O–H groups in total. The topological polar surface area (TPSA) is 98.8 Å². The molecule has 1 aromatic heterocycles. The Morgan fingerprint density at radius 1 is 1.26 bits per heavy atom. The molecule has 7 nitrogen and oxygen atoms in total. The van der Waals surface area contributed by atoms with Gasteiger partial charge in [0.2, 0.25) is 0 Å². The minimum Gasteiger partial charge on any atom is -0.495 e. The number of benzene rings is 1. The van der Waals surface area contributed by atoms with Gasteiger partial charge in [0.1, 0.15) is 5.75 Å². The van der Waals surface area contributed by atoms with Gasteiger partial charge in [-0.1, -0.05) is 0 Å².